The molecule has 1 aliphatic rings. The van der Waals surface area contributed by atoms with Crippen molar-refractivity contribution < 1.29 is 19.4 Å². The quantitative estimate of drug-likeness (QED) is 0.858. The average molecular weight is 323 g/mol. The second-order valence-corrected chi connectivity index (χ2v) is 6.19. The van der Waals surface area contributed by atoms with Crippen LogP contribution in [0.3, 0.4) is 0 Å². The number of hydrogen-bond donors (Lipinski definition) is 1. The first kappa shape index (κ1) is 17.3. The Bertz CT molecular complexity index is 582. The number of likely N-dealkylation sites (tertiary alicyclic amines) is 1. The molecule has 0 spiro atoms. The van der Waals surface area contributed by atoms with Crippen molar-refractivity contribution in [1.29, 1.82) is 0 Å². The van der Waals surface area contributed by atoms with Gasteiger partial charge >= 0.3 is 5.97 Å². The molecule has 128 valence electrons. The molecule has 7 heteroatoms. The maximum atomic E-state index is 12.3. The molecule has 2 rings (SSSR count). The van der Waals surface area contributed by atoms with Crippen LogP contribution in [0.2, 0.25) is 0 Å². The molecule has 0 aliphatic carbocycles. The van der Waals surface area contributed by atoms with Crippen molar-refractivity contribution in [2.45, 2.75) is 39.5 Å². The Labute approximate surface area is 136 Å². The lowest BCUT2D eigenvalue weighted by Crippen LogP contribution is -2.42. The predicted octanol–water partition coefficient (Wildman–Crippen LogP) is 1.52. The SMILES string of the molecule is Cc1nn(C)c(C)c1OCC(=O)N1CCC[C@@H](CCC(=O)O)C1. The van der Waals surface area contributed by atoms with Crippen LogP contribution in [-0.4, -0.2) is 51.4 Å². The second-order valence-electron chi connectivity index (χ2n) is 6.19. The van der Waals surface area contributed by atoms with Crippen LogP contribution in [0, 0.1) is 19.8 Å². The second kappa shape index (κ2) is 7.48. The number of nitrogens with zero attached hydrogens (tertiary/aromatic N) is 3. The van der Waals surface area contributed by atoms with Crippen LogP contribution in [0.4, 0.5) is 0 Å². The van der Waals surface area contributed by atoms with Crippen molar-refractivity contribution in [2.75, 3.05) is 19.7 Å². The van der Waals surface area contributed by atoms with Gasteiger partial charge in [-0.3, -0.25) is 14.3 Å². The maximum absolute atomic E-state index is 12.3. The smallest absolute Gasteiger partial charge is 0.303 e. The van der Waals surface area contributed by atoms with Gasteiger partial charge in [0.1, 0.15) is 5.69 Å². The molecule has 2 heterocycles. The molecular formula is C16H25N3O4. The number of carbonyl (C=O) groups excluding carboxylic acids is 1. The van der Waals surface area contributed by atoms with Crippen LogP contribution < -0.4 is 4.74 Å². The van der Waals surface area contributed by atoms with Gasteiger partial charge in [-0.25, -0.2) is 0 Å². The summed E-state index contributed by atoms with van der Waals surface area (Å²) in [6.07, 6.45) is 2.69. The van der Waals surface area contributed by atoms with Gasteiger partial charge < -0.3 is 14.7 Å². The molecule has 0 radical (unpaired) electrons. The molecule has 23 heavy (non-hydrogen) atoms. The van der Waals surface area contributed by atoms with Gasteiger partial charge in [0.2, 0.25) is 0 Å². The van der Waals surface area contributed by atoms with Crippen LogP contribution in [0.5, 0.6) is 5.75 Å². The van der Waals surface area contributed by atoms with E-state index in [-0.39, 0.29) is 24.9 Å². The molecule has 0 unspecified atom stereocenters. The average Bonchev–Trinajstić information content (AvgIpc) is 2.76. The molecule has 1 atom stereocenters. The summed E-state index contributed by atoms with van der Waals surface area (Å²) in [5.41, 5.74) is 1.67. The fourth-order valence-electron chi connectivity index (χ4n) is 3.04. The van der Waals surface area contributed by atoms with Gasteiger partial charge in [0.25, 0.3) is 5.91 Å². The van der Waals surface area contributed by atoms with E-state index in [0.29, 0.717) is 18.7 Å². The van der Waals surface area contributed by atoms with Crippen molar-refractivity contribution in [3.63, 3.8) is 0 Å². The van der Waals surface area contributed by atoms with Gasteiger partial charge in [-0.1, -0.05) is 0 Å². The van der Waals surface area contributed by atoms with Crippen LogP contribution in [-0.2, 0) is 16.6 Å². The number of carboxylic acids is 1. The fourth-order valence-corrected chi connectivity index (χ4v) is 3.04. The zero-order valence-corrected chi connectivity index (χ0v) is 14.0. The summed E-state index contributed by atoms with van der Waals surface area (Å²) in [7, 11) is 1.84. The minimum absolute atomic E-state index is 0.000968. The number of rotatable bonds is 6. The Morgan fingerprint density at radius 1 is 1.39 bits per heavy atom. The van der Waals surface area contributed by atoms with Crippen molar-refractivity contribution in [1.82, 2.24) is 14.7 Å². The normalized spacial score (nSPS) is 18.0. The van der Waals surface area contributed by atoms with Crippen molar-refractivity contribution in [3.05, 3.63) is 11.4 Å². The van der Waals surface area contributed by atoms with Gasteiger partial charge in [-0.2, -0.15) is 5.10 Å². The Morgan fingerprint density at radius 2 is 2.13 bits per heavy atom. The number of carbonyl (C=O) groups is 2. The van der Waals surface area contributed by atoms with E-state index in [0.717, 1.165) is 30.8 Å². The summed E-state index contributed by atoms with van der Waals surface area (Å²) >= 11 is 0. The highest BCUT2D eigenvalue weighted by atomic mass is 16.5. The van der Waals surface area contributed by atoms with Crippen molar-refractivity contribution in [2.24, 2.45) is 13.0 Å². The minimum atomic E-state index is -0.778. The lowest BCUT2D eigenvalue weighted by Gasteiger charge is -2.32. The topological polar surface area (TPSA) is 84.7 Å². The summed E-state index contributed by atoms with van der Waals surface area (Å²) in [6.45, 7) is 5.11. The lowest BCUT2D eigenvalue weighted by molar-refractivity contribution is -0.137. The first-order valence-electron chi connectivity index (χ1n) is 8.01. The number of aromatic nitrogens is 2. The Hall–Kier alpha value is -2.05. The first-order valence-corrected chi connectivity index (χ1v) is 8.01. The molecule has 1 saturated heterocycles. The van der Waals surface area contributed by atoms with Crippen molar-refractivity contribution >= 4 is 11.9 Å². The van der Waals surface area contributed by atoms with E-state index in [4.69, 9.17) is 9.84 Å². The molecule has 7 nitrogen and oxygen atoms in total. The number of ether oxygens (including phenoxy) is 1. The summed E-state index contributed by atoms with van der Waals surface area (Å²) in [4.78, 5) is 24.8. The first-order chi connectivity index (χ1) is 10.9. The summed E-state index contributed by atoms with van der Waals surface area (Å²) < 4.78 is 7.40. The molecule has 1 aromatic rings. The Balaban J connectivity index is 1.86. The van der Waals surface area contributed by atoms with Crippen LogP contribution >= 0.6 is 0 Å². The number of carboxylic acid groups (broad SMARTS) is 1. The van der Waals surface area contributed by atoms with Gasteiger partial charge in [-0.05, 0) is 39.0 Å². The highest BCUT2D eigenvalue weighted by Gasteiger charge is 2.24. The standard InChI is InChI=1S/C16H25N3O4/c1-11-16(12(2)18(3)17-11)23-10-14(20)19-8-4-5-13(9-19)6-7-15(21)22/h13H,4-10H2,1-3H3,(H,21,22)/t13-/m0/s1. The van der Waals surface area contributed by atoms with E-state index in [1.54, 1.807) is 9.58 Å². The molecular weight excluding hydrogens is 298 g/mol. The number of hydrogen-bond acceptors (Lipinski definition) is 4. The maximum Gasteiger partial charge on any atom is 0.303 e. The van der Waals surface area contributed by atoms with E-state index >= 15 is 0 Å². The zero-order valence-electron chi connectivity index (χ0n) is 14.0. The van der Waals surface area contributed by atoms with E-state index in [1.807, 2.05) is 20.9 Å². The monoisotopic (exact) mass is 323 g/mol. The zero-order chi connectivity index (χ0) is 17.0. The number of aryl methyl sites for hydroxylation is 2. The Morgan fingerprint density at radius 3 is 2.74 bits per heavy atom. The van der Waals surface area contributed by atoms with Gasteiger partial charge in [0.05, 0.1) is 5.69 Å². The van der Waals surface area contributed by atoms with Gasteiger partial charge in [-0.15, -0.1) is 0 Å². The number of amides is 1. The molecule has 1 aromatic heterocycles. The third kappa shape index (κ3) is 4.46. The molecule has 1 aliphatic heterocycles. The molecule has 0 aromatic carbocycles. The summed E-state index contributed by atoms with van der Waals surface area (Å²) in [5.74, 6) is 0.109. The fraction of sp³-hybridized carbons (Fsp3) is 0.688. The molecule has 0 bridgehead atoms. The van der Waals surface area contributed by atoms with Crippen LogP contribution in [0.15, 0.2) is 0 Å². The minimum Gasteiger partial charge on any atom is -0.481 e. The highest BCUT2D eigenvalue weighted by Crippen LogP contribution is 2.23. The highest BCUT2D eigenvalue weighted by molar-refractivity contribution is 5.78. The van der Waals surface area contributed by atoms with Crippen LogP contribution in [0.25, 0.3) is 0 Å². The van der Waals surface area contributed by atoms with Gasteiger partial charge in [0.15, 0.2) is 12.4 Å². The molecule has 1 amide bonds. The number of aliphatic carboxylic acids is 1. The summed E-state index contributed by atoms with van der Waals surface area (Å²) in [5, 5.41) is 13.0. The van der Waals surface area contributed by atoms with Gasteiger partial charge in [0, 0.05) is 26.6 Å². The lowest BCUT2D eigenvalue weighted by atomic mass is 9.93. The number of piperidine rings is 1. The van der Waals surface area contributed by atoms with Crippen LogP contribution in [0.1, 0.15) is 37.1 Å². The van der Waals surface area contributed by atoms with E-state index in [1.165, 1.54) is 0 Å². The third-order valence-electron chi connectivity index (χ3n) is 4.42. The largest absolute Gasteiger partial charge is 0.481 e. The Kier molecular flexibility index (Phi) is 5.63. The van der Waals surface area contributed by atoms with E-state index in [2.05, 4.69) is 5.10 Å². The van der Waals surface area contributed by atoms with E-state index in [9.17, 15) is 9.59 Å². The molecule has 1 fully saturated rings. The molecule has 0 saturated carbocycles. The van der Waals surface area contributed by atoms with E-state index < -0.39 is 5.97 Å². The van der Waals surface area contributed by atoms with Crippen molar-refractivity contribution in [3.8, 4) is 5.75 Å². The summed E-state index contributed by atoms with van der Waals surface area (Å²) in [6, 6.07) is 0. The predicted molar refractivity (Wildman–Crippen MR) is 84.4 cm³/mol. The molecule has 1 N–H and O–H groups in total. The third-order valence-corrected chi connectivity index (χ3v) is 4.42.